The van der Waals surface area contributed by atoms with E-state index in [-0.39, 0.29) is 17.9 Å². The number of hydrogen-bond acceptors (Lipinski definition) is 4. The second kappa shape index (κ2) is 6.05. The number of nitrogens with zero attached hydrogens (tertiary/aromatic N) is 3. The van der Waals surface area contributed by atoms with Crippen molar-refractivity contribution in [1.82, 2.24) is 20.0 Å². The molecule has 24 heavy (non-hydrogen) atoms. The molecule has 1 N–H and O–H groups in total. The smallest absolute Gasteiger partial charge is 0.264 e. The van der Waals surface area contributed by atoms with Crippen molar-refractivity contribution in [2.45, 2.75) is 38.3 Å². The van der Waals surface area contributed by atoms with Gasteiger partial charge in [-0.05, 0) is 37.0 Å². The summed E-state index contributed by atoms with van der Waals surface area (Å²) in [5.74, 6) is 0.0367. The molecule has 4 rings (SSSR count). The molecule has 2 amide bonds. The van der Waals surface area contributed by atoms with Crippen molar-refractivity contribution in [3.05, 3.63) is 39.3 Å². The summed E-state index contributed by atoms with van der Waals surface area (Å²) in [7, 11) is 1.63. The van der Waals surface area contributed by atoms with Gasteiger partial charge in [0.05, 0.1) is 29.6 Å². The Bertz CT molecular complexity index is 773. The highest BCUT2D eigenvalue weighted by molar-refractivity contribution is 7.14. The quantitative estimate of drug-likeness (QED) is 0.923. The maximum absolute atomic E-state index is 12.9. The standard InChI is InChI=1S/C17H20N4O2S/c1-18-16(22)8-13-10-20(9-12-5-6-19-21(12)13)17(23)15-7-11-3-2-4-14(11)24-15/h5-7,13H,2-4,8-10H2,1H3,(H,18,22)/t13-/m0/s1. The van der Waals surface area contributed by atoms with Crippen molar-refractivity contribution in [2.24, 2.45) is 0 Å². The van der Waals surface area contributed by atoms with Gasteiger partial charge in [0.2, 0.25) is 5.91 Å². The van der Waals surface area contributed by atoms with E-state index in [0.717, 1.165) is 23.4 Å². The van der Waals surface area contributed by atoms with E-state index in [1.54, 1.807) is 24.6 Å². The molecule has 6 nitrogen and oxygen atoms in total. The predicted molar refractivity (Wildman–Crippen MR) is 91.0 cm³/mol. The number of aromatic nitrogens is 2. The number of rotatable bonds is 3. The monoisotopic (exact) mass is 344 g/mol. The number of carbonyl (C=O) groups excluding carboxylic acids is 2. The van der Waals surface area contributed by atoms with Crippen molar-refractivity contribution >= 4 is 23.2 Å². The summed E-state index contributed by atoms with van der Waals surface area (Å²) in [6.07, 6.45) is 5.45. The molecule has 0 bridgehead atoms. The molecule has 0 radical (unpaired) electrons. The van der Waals surface area contributed by atoms with Crippen LogP contribution in [0.15, 0.2) is 18.3 Å². The van der Waals surface area contributed by atoms with E-state index in [1.165, 1.54) is 16.9 Å². The summed E-state index contributed by atoms with van der Waals surface area (Å²) in [6.45, 7) is 1.06. The summed E-state index contributed by atoms with van der Waals surface area (Å²) in [5.41, 5.74) is 2.32. The first-order chi connectivity index (χ1) is 11.7. The van der Waals surface area contributed by atoms with E-state index >= 15 is 0 Å². The summed E-state index contributed by atoms with van der Waals surface area (Å²) in [4.78, 5) is 28.8. The molecule has 126 valence electrons. The Morgan fingerprint density at radius 1 is 1.42 bits per heavy atom. The first-order valence-corrected chi connectivity index (χ1v) is 9.11. The minimum atomic E-state index is -0.112. The van der Waals surface area contributed by atoms with Gasteiger partial charge in [-0.1, -0.05) is 0 Å². The fourth-order valence-corrected chi connectivity index (χ4v) is 4.82. The lowest BCUT2D eigenvalue weighted by Gasteiger charge is -2.33. The van der Waals surface area contributed by atoms with E-state index in [0.29, 0.717) is 19.5 Å². The molecule has 0 aromatic carbocycles. The zero-order valence-corrected chi connectivity index (χ0v) is 14.4. The summed E-state index contributed by atoms with van der Waals surface area (Å²) in [6, 6.07) is 3.87. The van der Waals surface area contributed by atoms with E-state index in [1.807, 2.05) is 15.6 Å². The zero-order chi connectivity index (χ0) is 16.7. The van der Waals surface area contributed by atoms with Gasteiger partial charge in [0.1, 0.15) is 0 Å². The van der Waals surface area contributed by atoms with Crippen LogP contribution in [0.5, 0.6) is 0 Å². The number of fused-ring (bicyclic) bond motifs is 2. The Morgan fingerprint density at radius 3 is 3.08 bits per heavy atom. The first kappa shape index (κ1) is 15.4. The summed E-state index contributed by atoms with van der Waals surface area (Å²) in [5, 5.41) is 6.99. The molecule has 3 heterocycles. The Morgan fingerprint density at radius 2 is 2.29 bits per heavy atom. The molecule has 0 spiro atoms. The van der Waals surface area contributed by atoms with Gasteiger partial charge in [0.25, 0.3) is 5.91 Å². The highest BCUT2D eigenvalue weighted by Crippen LogP contribution is 2.32. The predicted octanol–water partition coefficient (Wildman–Crippen LogP) is 1.77. The minimum absolute atomic E-state index is 0.0363. The molecule has 0 saturated heterocycles. The Kier molecular flexibility index (Phi) is 3.88. The third-order valence-corrected chi connectivity index (χ3v) is 6.05. The second-order valence-corrected chi connectivity index (χ2v) is 7.53. The summed E-state index contributed by atoms with van der Waals surface area (Å²) >= 11 is 1.63. The Labute approximate surface area is 144 Å². The Balaban J connectivity index is 1.57. The number of hydrogen-bond donors (Lipinski definition) is 1. The van der Waals surface area contributed by atoms with Crippen LogP contribution in [-0.2, 0) is 24.2 Å². The van der Waals surface area contributed by atoms with Crippen molar-refractivity contribution in [2.75, 3.05) is 13.6 Å². The fraction of sp³-hybridized carbons (Fsp3) is 0.471. The number of carbonyl (C=O) groups is 2. The third-order valence-electron chi connectivity index (χ3n) is 4.83. The van der Waals surface area contributed by atoms with E-state index in [9.17, 15) is 9.59 Å². The molecule has 0 fully saturated rings. The van der Waals surface area contributed by atoms with Gasteiger partial charge in [-0.25, -0.2) is 0 Å². The van der Waals surface area contributed by atoms with Gasteiger partial charge in [0.15, 0.2) is 0 Å². The molecule has 1 aliphatic carbocycles. The molecule has 1 atom stereocenters. The lowest BCUT2D eigenvalue weighted by molar-refractivity contribution is -0.121. The van der Waals surface area contributed by atoms with Crippen LogP contribution in [0.3, 0.4) is 0 Å². The SMILES string of the molecule is CNC(=O)C[C@H]1CN(C(=O)c2cc3c(s2)CCC3)Cc2ccnn21. The topological polar surface area (TPSA) is 67.2 Å². The lowest BCUT2D eigenvalue weighted by Crippen LogP contribution is -2.42. The van der Waals surface area contributed by atoms with Crippen LogP contribution in [0.25, 0.3) is 0 Å². The van der Waals surface area contributed by atoms with Crippen molar-refractivity contribution < 1.29 is 9.59 Å². The van der Waals surface area contributed by atoms with Crippen LogP contribution in [0.1, 0.15) is 44.7 Å². The number of amides is 2. The molecule has 0 unspecified atom stereocenters. The molecule has 2 aromatic rings. The van der Waals surface area contributed by atoms with Gasteiger partial charge < -0.3 is 10.2 Å². The number of nitrogens with one attached hydrogen (secondary N) is 1. The molecular weight excluding hydrogens is 324 g/mol. The fourth-order valence-electron chi connectivity index (χ4n) is 3.60. The normalized spacial score (nSPS) is 19.0. The second-order valence-electron chi connectivity index (χ2n) is 6.40. The maximum atomic E-state index is 12.9. The average Bonchev–Trinajstić information content (AvgIpc) is 3.28. The first-order valence-electron chi connectivity index (χ1n) is 8.29. The van der Waals surface area contributed by atoms with Crippen LogP contribution < -0.4 is 5.32 Å². The Hall–Kier alpha value is -2.15. The van der Waals surface area contributed by atoms with Crippen LogP contribution in [0, 0.1) is 0 Å². The van der Waals surface area contributed by atoms with Gasteiger partial charge in [-0.15, -0.1) is 11.3 Å². The highest BCUT2D eigenvalue weighted by Gasteiger charge is 2.31. The van der Waals surface area contributed by atoms with Crippen LogP contribution in [-0.4, -0.2) is 40.1 Å². The van der Waals surface area contributed by atoms with E-state index in [4.69, 9.17) is 0 Å². The molecule has 0 saturated carbocycles. The number of aryl methyl sites for hydroxylation is 2. The maximum Gasteiger partial charge on any atom is 0.264 e. The van der Waals surface area contributed by atoms with Crippen molar-refractivity contribution in [3.63, 3.8) is 0 Å². The number of thiophene rings is 1. The molecule has 2 aliphatic rings. The average molecular weight is 344 g/mol. The largest absolute Gasteiger partial charge is 0.359 e. The van der Waals surface area contributed by atoms with Gasteiger partial charge in [-0.3, -0.25) is 14.3 Å². The van der Waals surface area contributed by atoms with Crippen LogP contribution in [0.4, 0.5) is 0 Å². The molecular formula is C17H20N4O2S. The van der Waals surface area contributed by atoms with Gasteiger partial charge >= 0.3 is 0 Å². The van der Waals surface area contributed by atoms with E-state index < -0.39 is 0 Å². The van der Waals surface area contributed by atoms with Gasteiger partial charge in [-0.2, -0.15) is 5.10 Å². The van der Waals surface area contributed by atoms with Gasteiger partial charge in [0, 0.05) is 24.7 Å². The van der Waals surface area contributed by atoms with Crippen molar-refractivity contribution in [3.8, 4) is 0 Å². The lowest BCUT2D eigenvalue weighted by atomic mass is 10.1. The minimum Gasteiger partial charge on any atom is -0.359 e. The summed E-state index contributed by atoms with van der Waals surface area (Å²) < 4.78 is 1.88. The van der Waals surface area contributed by atoms with E-state index in [2.05, 4.69) is 16.5 Å². The van der Waals surface area contributed by atoms with Crippen LogP contribution >= 0.6 is 11.3 Å². The zero-order valence-electron chi connectivity index (χ0n) is 13.6. The third kappa shape index (κ3) is 2.62. The molecule has 2 aromatic heterocycles. The molecule has 1 aliphatic heterocycles. The van der Waals surface area contributed by atoms with Crippen LogP contribution in [0.2, 0.25) is 0 Å². The van der Waals surface area contributed by atoms with Crippen molar-refractivity contribution in [1.29, 1.82) is 0 Å². The highest BCUT2D eigenvalue weighted by atomic mass is 32.1. The molecule has 7 heteroatoms.